The molecule has 0 saturated carbocycles. The topological polar surface area (TPSA) is 86.4 Å². The molecular weight excluding hydrogens is 416 g/mol. The second-order valence-corrected chi connectivity index (χ2v) is 8.23. The molecule has 1 saturated heterocycles. The van der Waals surface area contributed by atoms with E-state index in [-0.39, 0.29) is 29.8 Å². The fraction of sp³-hybridized carbons (Fsp3) is 0.308. The number of aromatic amines is 1. The normalized spacial score (nSPS) is 14.6. The van der Waals surface area contributed by atoms with Gasteiger partial charge < -0.3 is 14.8 Å². The van der Waals surface area contributed by atoms with E-state index in [1.54, 1.807) is 34.1 Å². The molecule has 0 unspecified atom stereocenters. The van der Waals surface area contributed by atoms with Crippen LogP contribution in [0.4, 0.5) is 0 Å². The average molecular weight is 445 g/mol. The largest absolute Gasteiger partial charge is 0.339 e. The molecule has 0 spiro atoms. The number of piperidine rings is 1. The minimum absolute atomic E-state index is 0.0324. The molecule has 7 nitrogen and oxygen atoms in total. The molecule has 1 fully saturated rings. The van der Waals surface area contributed by atoms with Crippen molar-refractivity contribution in [3.05, 3.63) is 82.4 Å². The van der Waals surface area contributed by atoms with E-state index in [1.807, 2.05) is 49.4 Å². The molecule has 0 aliphatic carbocycles. The molecule has 1 aliphatic heterocycles. The third-order valence-corrected chi connectivity index (χ3v) is 6.07. The van der Waals surface area contributed by atoms with Crippen LogP contribution >= 0.6 is 0 Å². The van der Waals surface area contributed by atoms with Crippen molar-refractivity contribution in [1.82, 2.24) is 19.8 Å². The first-order valence-electron chi connectivity index (χ1n) is 11.3. The Bertz CT molecular complexity index is 1210. The van der Waals surface area contributed by atoms with Crippen LogP contribution in [0.5, 0.6) is 0 Å². The maximum atomic E-state index is 13.2. The highest BCUT2D eigenvalue weighted by Crippen LogP contribution is 2.21. The number of hydrogen-bond donors (Lipinski definition) is 1. The molecule has 2 aromatic carbocycles. The van der Waals surface area contributed by atoms with Crippen LogP contribution in [-0.4, -0.2) is 51.2 Å². The number of hydrogen-bond acceptors (Lipinski definition) is 4. The first-order chi connectivity index (χ1) is 16.0. The van der Waals surface area contributed by atoms with Gasteiger partial charge in [-0.1, -0.05) is 42.5 Å². The summed E-state index contributed by atoms with van der Waals surface area (Å²) in [5.41, 5.74) is 1.40. The van der Waals surface area contributed by atoms with Crippen molar-refractivity contribution in [2.75, 3.05) is 19.6 Å². The Labute approximate surface area is 192 Å². The number of aromatic nitrogens is 2. The second-order valence-electron chi connectivity index (χ2n) is 8.23. The summed E-state index contributed by atoms with van der Waals surface area (Å²) in [6, 6.07) is 16.9. The first kappa shape index (κ1) is 22.5. The Hall–Kier alpha value is -3.74. The second kappa shape index (κ2) is 10.3. The van der Waals surface area contributed by atoms with Crippen LogP contribution in [0.25, 0.3) is 17.0 Å². The van der Waals surface area contributed by atoms with E-state index in [0.717, 1.165) is 5.56 Å². The van der Waals surface area contributed by atoms with Crippen LogP contribution in [0.3, 0.4) is 0 Å². The van der Waals surface area contributed by atoms with Crippen molar-refractivity contribution in [2.45, 2.75) is 26.3 Å². The number of nitrogens with zero attached hydrogens (tertiary/aromatic N) is 3. The van der Waals surface area contributed by atoms with Gasteiger partial charge in [0.2, 0.25) is 11.8 Å². The number of para-hydroxylation sites is 1. The number of nitrogens with one attached hydrogen (secondary N) is 1. The Morgan fingerprint density at radius 2 is 1.79 bits per heavy atom. The zero-order valence-electron chi connectivity index (χ0n) is 18.7. The molecule has 2 amide bonds. The van der Waals surface area contributed by atoms with Crippen molar-refractivity contribution in [1.29, 1.82) is 0 Å². The molecule has 33 heavy (non-hydrogen) atoms. The van der Waals surface area contributed by atoms with E-state index in [9.17, 15) is 14.4 Å². The maximum Gasteiger partial charge on any atom is 0.258 e. The van der Waals surface area contributed by atoms with Crippen LogP contribution in [0.2, 0.25) is 0 Å². The zero-order chi connectivity index (χ0) is 23.2. The van der Waals surface area contributed by atoms with Crippen LogP contribution in [0.1, 0.15) is 31.2 Å². The minimum atomic E-state index is -0.200. The lowest BCUT2D eigenvalue weighted by molar-refractivity contribution is -0.139. The van der Waals surface area contributed by atoms with Gasteiger partial charge in [-0.05, 0) is 43.5 Å². The van der Waals surface area contributed by atoms with Crippen molar-refractivity contribution in [3.63, 3.8) is 0 Å². The lowest BCUT2D eigenvalue weighted by Gasteiger charge is -2.33. The molecule has 1 aliphatic rings. The number of fused-ring (bicyclic) bond motifs is 1. The van der Waals surface area contributed by atoms with E-state index >= 15 is 0 Å². The summed E-state index contributed by atoms with van der Waals surface area (Å²) < 4.78 is 0. The summed E-state index contributed by atoms with van der Waals surface area (Å²) in [4.78, 5) is 48.9. The van der Waals surface area contributed by atoms with Gasteiger partial charge in [0.25, 0.3) is 5.56 Å². The number of rotatable bonds is 6. The molecule has 1 aromatic heterocycles. The van der Waals surface area contributed by atoms with Crippen molar-refractivity contribution < 1.29 is 9.59 Å². The fourth-order valence-corrected chi connectivity index (χ4v) is 4.18. The SMILES string of the molecule is CCN(Cc1nc2ccccc2c(=O)[nH]1)C(=O)C1CCN(C(=O)C=Cc2ccccc2)CC1. The summed E-state index contributed by atoms with van der Waals surface area (Å²) >= 11 is 0. The minimum Gasteiger partial charge on any atom is -0.339 e. The fourth-order valence-electron chi connectivity index (χ4n) is 4.18. The smallest absolute Gasteiger partial charge is 0.258 e. The molecule has 0 bridgehead atoms. The maximum absolute atomic E-state index is 13.2. The standard InChI is InChI=1S/C26H28N4O3/c1-2-29(18-23-27-22-11-7-6-10-21(22)25(32)28-23)26(33)20-14-16-30(17-15-20)24(31)13-12-19-8-4-3-5-9-19/h3-13,20H,2,14-18H2,1H3,(H,27,28,32). The van der Waals surface area contributed by atoms with Gasteiger partial charge in [-0.15, -0.1) is 0 Å². The summed E-state index contributed by atoms with van der Waals surface area (Å²) in [6.07, 6.45) is 4.66. The van der Waals surface area contributed by atoms with Crippen LogP contribution in [-0.2, 0) is 16.1 Å². The Morgan fingerprint density at radius 3 is 2.52 bits per heavy atom. The van der Waals surface area contributed by atoms with E-state index in [0.29, 0.717) is 49.2 Å². The van der Waals surface area contributed by atoms with Gasteiger partial charge in [0.1, 0.15) is 5.82 Å². The number of H-pyrrole nitrogens is 1. The lowest BCUT2D eigenvalue weighted by atomic mass is 9.95. The quantitative estimate of drug-likeness (QED) is 0.592. The zero-order valence-corrected chi connectivity index (χ0v) is 18.7. The van der Waals surface area contributed by atoms with Gasteiger partial charge in [0.15, 0.2) is 0 Å². The van der Waals surface area contributed by atoms with Crippen molar-refractivity contribution in [2.24, 2.45) is 5.92 Å². The van der Waals surface area contributed by atoms with Gasteiger partial charge in [0.05, 0.1) is 17.4 Å². The number of likely N-dealkylation sites (tertiary alicyclic amines) is 1. The monoisotopic (exact) mass is 444 g/mol. The van der Waals surface area contributed by atoms with Crippen LogP contribution in [0, 0.1) is 5.92 Å². The van der Waals surface area contributed by atoms with Gasteiger partial charge in [0, 0.05) is 31.6 Å². The number of benzene rings is 2. The Morgan fingerprint density at radius 1 is 1.09 bits per heavy atom. The Balaban J connectivity index is 1.35. The molecule has 7 heteroatoms. The van der Waals surface area contributed by atoms with Crippen LogP contribution < -0.4 is 5.56 Å². The van der Waals surface area contributed by atoms with Crippen LogP contribution in [0.15, 0.2) is 65.5 Å². The van der Waals surface area contributed by atoms with Gasteiger partial charge in [-0.2, -0.15) is 0 Å². The predicted molar refractivity (Wildman–Crippen MR) is 128 cm³/mol. The van der Waals surface area contributed by atoms with E-state index in [4.69, 9.17) is 0 Å². The molecule has 4 rings (SSSR count). The number of amides is 2. The highest BCUT2D eigenvalue weighted by molar-refractivity contribution is 5.92. The molecule has 3 aromatic rings. The lowest BCUT2D eigenvalue weighted by Crippen LogP contribution is -2.44. The summed E-state index contributed by atoms with van der Waals surface area (Å²) in [5.74, 6) is 0.349. The third-order valence-electron chi connectivity index (χ3n) is 6.07. The molecule has 2 heterocycles. The molecule has 170 valence electrons. The molecule has 0 atom stereocenters. The first-order valence-corrected chi connectivity index (χ1v) is 11.3. The Kier molecular flexibility index (Phi) is 6.98. The summed E-state index contributed by atoms with van der Waals surface area (Å²) in [7, 11) is 0. The highest BCUT2D eigenvalue weighted by atomic mass is 16.2. The highest BCUT2D eigenvalue weighted by Gasteiger charge is 2.29. The summed E-state index contributed by atoms with van der Waals surface area (Å²) in [6.45, 7) is 3.81. The van der Waals surface area contributed by atoms with Crippen molar-refractivity contribution in [3.8, 4) is 0 Å². The van der Waals surface area contributed by atoms with Gasteiger partial charge >= 0.3 is 0 Å². The van der Waals surface area contributed by atoms with Crippen molar-refractivity contribution >= 4 is 28.8 Å². The predicted octanol–water partition coefficient (Wildman–Crippen LogP) is 3.22. The average Bonchev–Trinajstić information content (AvgIpc) is 2.86. The summed E-state index contributed by atoms with van der Waals surface area (Å²) in [5, 5.41) is 0.536. The molecular formula is C26H28N4O3. The number of carbonyl (C=O) groups excluding carboxylic acids is 2. The molecule has 0 radical (unpaired) electrons. The van der Waals surface area contributed by atoms with E-state index in [2.05, 4.69) is 9.97 Å². The number of carbonyl (C=O) groups is 2. The molecule has 1 N–H and O–H groups in total. The van der Waals surface area contributed by atoms with E-state index in [1.165, 1.54) is 0 Å². The van der Waals surface area contributed by atoms with Gasteiger partial charge in [-0.3, -0.25) is 14.4 Å². The van der Waals surface area contributed by atoms with Gasteiger partial charge in [-0.25, -0.2) is 4.98 Å². The van der Waals surface area contributed by atoms with E-state index < -0.39 is 0 Å². The third kappa shape index (κ3) is 5.37.